The molecule has 0 fully saturated rings. The van der Waals surface area contributed by atoms with Crippen molar-refractivity contribution in [2.24, 2.45) is 23.5 Å². The third-order valence-corrected chi connectivity index (χ3v) is 2.47. The molecule has 0 saturated heterocycles. The summed E-state index contributed by atoms with van der Waals surface area (Å²) < 4.78 is 0. The van der Waals surface area contributed by atoms with Crippen molar-refractivity contribution in [3.8, 4) is 0 Å². The Kier molecular flexibility index (Phi) is 4.74. The Morgan fingerprint density at radius 1 is 1.00 bits per heavy atom. The van der Waals surface area contributed by atoms with Gasteiger partial charge in [0.1, 0.15) is 0 Å². The molecule has 0 aromatic rings. The summed E-state index contributed by atoms with van der Waals surface area (Å²) in [4.78, 5) is 0. The van der Waals surface area contributed by atoms with Crippen LogP contribution in [0.5, 0.6) is 0 Å². The van der Waals surface area contributed by atoms with Gasteiger partial charge in [-0.15, -0.1) is 0 Å². The Morgan fingerprint density at radius 2 is 1.45 bits per heavy atom. The fraction of sp³-hybridized carbons (Fsp3) is 1.00. The average molecular weight is 157 g/mol. The van der Waals surface area contributed by atoms with E-state index < -0.39 is 0 Å². The van der Waals surface area contributed by atoms with Crippen LogP contribution in [0.2, 0.25) is 0 Å². The zero-order valence-electron chi connectivity index (χ0n) is 8.59. The maximum atomic E-state index is 6.02. The van der Waals surface area contributed by atoms with Crippen LogP contribution in [0.1, 0.15) is 41.0 Å². The Labute approximate surface area is 71.4 Å². The highest BCUT2D eigenvalue weighted by Crippen LogP contribution is 2.17. The Morgan fingerprint density at radius 3 is 1.73 bits per heavy atom. The standard InChI is InChI=1S/C10H23N/c1-7(2)6-10(11)9(5)8(3)4/h7-10H,6,11H2,1-5H3/t9-,10-/m1/s1. The first-order valence-corrected chi connectivity index (χ1v) is 4.70. The minimum atomic E-state index is 0.384. The first kappa shape index (κ1) is 11.0. The van der Waals surface area contributed by atoms with Gasteiger partial charge >= 0.3 is 0 Å². The highest BCUT2D eigenvalue weighted by molar-refractivity contribution is 4.72. The van der Waals surface area contributed by atoms with Crippen LogP contribution >= 0.6 is 0 Å². The molecule has 2 atom stereocenters. The van der Waals surface area contributed by atoms with Crippen molar-refractivity contribution in [1.82, 2.24) is 0 Å². The molecule has 2 N–H and O–H groups in total. The van der Waals surface area contributed by atoms with Gasteiger partial charge < -0.3 is 5.73 Å². The fourth-order valence-corrected chi connectivity index (χ4v) is 1.25. The molecule has 1 heteroatoms. The molecule has 0 bridgehead atoms. The van der Waals surface area contributed by atoms with Crippen molar-refractivity contribution < 1.29 is 0 Å². The topological polar surface area (TPSA) is 26.0 Å². The van der Waals surface area contributed by atoms with Gasteiger partial charge in [-0.3, -0.25) is 0 Å². The second kappa shape index (κ2) is 4.76. The normalized spacial score (nSPS) is 17.5. The summed E-state index contributed by atoms with van der Waals surface area (Å²) in [6, 6.07) is 0.384. The Hall–Kier alpha value is -0.0400. The van der Waals surface area contributed by atoms with E-state index in [0.717, 1.165) is 12.3 Å². The first-order chi connectivity index (χ1) is 4.95. The number of rotatable bonds is 4. The van der Waals surface area contributed by atoms with E-state index in [1.165, 1.54) is 0 Å². The summed E-state index contributed by atoms with van der Waals surface area (Å²) in [5.41, 5.74) is 6.02. The van der Waals surface area contributed by atoms with E-state index in [0.29, 0.717) is 17.9 Å². The van der Waals surface area contributed by atoms with Crippen LogP contribution in [-0.2, 0) is 0 Å². The maximum Gasteiger partial charge on any atom is 0.00694 e. The van der Waals surface area contributed by atoms with Crippen LogP contribution in [0, 0.1) is 17.8 Å². The van der Waals surface area contributed by atoms with E-state index in [2.05, 4.69) is 34.6 Å². The largest absolute Gasteiger partial charge is 0.327 e. The molecule has 0 saturated carbocycles. The molecular formula is C10H23N. The minimum Gasteiger partial charge on any atom is -0.327 e. The minimum absolute atomic E-state index is 0.384. The second-order valence-electron chi connectivity index (χ2n) is 4.40. The van der Waals surface area contributed by atoms with Crippen LogP contribution in [0.25, 0.3) is 0 Å². The summed E-state index contributed by atoms with van der Waals surface area (Å²) in [7, 11) is 0. The average Bonchev–Trinajstić information content (AvgIpc) is 1.84. The molecule has 0 aromatic heterocycles. The summed E-state index contributed by atoms with van der Waals surface area (Å²) in [5, 5.41) is 0. The summed E-state index contributed by atoms with van der Waals surface area (Å²) >= 11 is 0. The van der Waals surface area contributed by atoms with Crippen LogP contribution in [-0.4, -0.2) is 6.04 Å². The molecule has 0 heterocycles. The van der Waals surface area contributed by atoms with Crippen LogP contribution in [0.4, 0.5) is 0 Å². The van der Waals surface area contributed by atoms with Gasteiger partial charge in [0.05, 0.1) is 0 Å². The molecule has 0 aliphatic carbocycles. The number of hydrogen-bond acceptors (Lipinski definition) is 1. The van der Waals surface area contributed by atoms with Gasteiger partial charge in [0, 0.05) is 6.04 Å². The molecule has 0 unspecified atom stereocenters. The highest BCUT2D eigenvalue weighted by atomic mass is 14.6. The zero-order valence-corrected chi connectivity index (χ0v) is 8.59. The summed E-state index contributed by atoms with van der Waals surface area (Å²) in [5.74, 6) is 2.09. The maximum absolute atomic E-state index is 6.02. The van der Waals surface area contributed by atoms with E-state index in [-0.39, 0.29) is 0 Å². The predicted molar refractivity (Wildman–Crippen MR) is 51.4 cm³/mol. The molecule has 0 rings (SSSR count). The molecule has 0 aliphatic heterocycles. The van der Waals surface area contributed by atoms with Crippen molar-refractivity contribution in [3.05, 3.63) is 0 Å². The number of hydrogen-bond donors (Lipinski definition) is 1. The monoisotopic (exact) mass is 157 g/mol. The third-order valence-electron chi connectivity index (χ3n) is 2.47. The Balaban J connectivity index is 3.73. The lowest BCUT2D eigenvalue weighted by molar-refractivity contribution is 0.309. The van der Waals surface area contributed by atoms with Crippen LogP contribution in [0.15, 0.2) is 0 Å². The Bertz CT molecular complexity index is 97.0. The predicted octanol–water partition coefficient (Wildman–Crippen LogP) is 2.65. The fourth-order valence-electron chi connectivity index (χ4n) is 1.25. The van der Waals surface area contributed by atoms with Crippen LogP contribution < -0.4 is 5.73 Å². The molecule has 0 aliphatic rings. The van der Waals surface area contributed by atoms with Crippen LogP contribution in [0.3, 0.4) is 0 Å². The van der Waals surface area contributed by atoms with Crippen molar-refractivity contribution in [1.29, 1.82) is 0 Å². The van der Waals surface area contributed by atoms with E-state index in [4.69, 9.17) is 5.73 Å². The van der Waals surface area contributed by atoms with Crippen molar-refractivity contribution in [2.75, 3.05) is 0 Å². The van der Waals surface area contributed by atoms with E-state index in [1.807, 2.05) is 0 Å². The van der Waals surface area contributed by atoms with E-state index in [1.54, 1.807) is 0 Å². The lowest BCUT2D eigenvalue weighted by Gasteiger charge is -2.24. The summed E-state index contributed by atoms with van der Waals surface area (Å²) in [6.07, 6.45) is 1.15. The molecule has 0 amide bonds. The van der Waals surface area contributed by atoms with Gasteiger partial charge in [0.15, 0.2) is 0 Å². The van der Waals surface area contributed by atoms with Crippen molar-refractivity contribution >= 4 is 0 Å². The van der Waals surface area contributed by atoms with Gasteiger partial charge in [-0.05, 0) is 24.2 Å². The second-order valence-corrected chi connectivity index (χ2v) is 4.40. The molecule has 0 spiro atoms. The van der Waals surface area contributed by atoms with Crippen molar-refractivity contribution in [2.45, 2.75) is 47.1 Å². The molecule has 0 radical (unpaired) electrons. The molecule has 0 aromatic carbocycles. The molecule has 68 valence electrons. The lowest BCUT2D eigenvalue weighted by Crippen LogP contribution is -2.32. The zero-order chi connectivity index (χ0) is 9.02. The first-order valence-electron chi connectivity index (χ1n) is 4.70. The molecule has 11 heavy (non-hydrogen) atoms. The van der Waals surface area contributed by atoms with Gasteiger partial charge in [-0.25, -0.2) is 0 Å². The number of nitrogens with two attached hydrogens (primary N) is 1. The molecule has 1 nitrogen and oxygen atoms in total. The highest BCUT2D eigenvalue weighted by Gasteiger charge is 2.16. The van der Waals surface area contributed by atoms with E-state index >= 15 is 0 Å². The molecular weight excluding hydrogens is 134 g/mol. The van der Waals surface area contributed by atoms with Gasteiger partial charge in [0.25, 0.3) is 0 Å². The summed E-state index contributed by atoms with van der Waals surface area (Å²) in [6.45, 7) is 11.2. The quantitative estimate of drug-likeness (QED) is 0.667. The SMILES string of the molecule is CC(C)C[C@@H](N)[C@H](C)C(C)C. The lowest BCUT2D eigenvalue weighted by atomic mass is 9.86. The van der Waals surface area contributed by atoms with E-state index in [9.17, 15) is 0 Å². The van der Waals surface area contributed by atoms with Gasteiger partial charge in [-0.2, -0.15) is 0 Å². The van der Waals surface area contributed by atoms with Gasteiger partial charge in [0.2, 0.25) is 0 Å². The third kappa shape index (κ3) is 4.41. The smallest absolute Gasteiger partial charge is 0.00694 e. The van der Waals surface area contributed by atoms with Crippen molar-refractivity contribution in [3.63, 3.8) is 0 Å². The van der Waals surface area contributed by atoms with Gasteiger partial charge in [-0.1, -0.05) is 34.6 Å².